The number of furan rings is 1. The van der Waals surface area contributed by atoms with Gasteiger partial charge in [-0.2, -0.15) is 0 Å². The molecule has 1 aromatic carbocycles. The molecule has 0 saturated carbocycles. The maximum Gasteiger partial charge on any atom is 0.321 e. The number of carbonyl (C=O) groups is 2. The van der Waals surface area contributed by atoms with Gasteiger partial charge in [0.05, 0.1) is 17.9 Å². The Morgan fingerprint density at radius 2 is 2.17 bits per heavy atom. The number of urea groups is 1. The third kappa shape index (κ3) is 3.40. The molecule has 126 valence electrons. The summed E-state index contributed by atoms with van der Waals surface area (Å²) in [5.74, 6) is -0.773. The van der Waals surface area contributed by atoms with E-state index in [-0.39, 0.29) is 18.2 Å². The molecular formula is C17H18FN3O3. The van der Waals surface area contributed by atoms with Gasteiger partial charge >= 0.3 is 6.03 Å². The molecule has 1 fully saturated rings. The zero-order valence-electron chi connectivity index (χ0n) is 13.0. The van der Waals surface area contributed by atoms with E-state index in [9.17, 15) is 14.0 Å². The van der Waals surface area contributed by atoms with Crippen molar-refractivity contribution in [3.8, 4) is 11.3 Å². The van der Waals surface area contributed by atoms with Crippen molar-refractivity contribution in [1.82, 2.24) is 4.90 Å². The fourth-order valence-electron chi connectivity index (χ4n) is 2.80. The minimum atomic E-state index is -0.555. The third-order valence-corrected chi connectivity index (χ3v) is 4.13. The van der Waals surface area contributed by atoms with Crippen molar-refractivity contribution in [2.75, 3.05) is 18.4 Å². The van der Waals surface area contributed by atoms with E-state index in [1.54, 1.807) is 18.2 Å². The number of anilines is 1. The summed E-state index contributed by atoms with van der Waals surface area (Å²) in [4.78, 5) is 25.0. The second-order valence-electron chi connectivity index (χ2n) is 5.79. The molecule has 0 aliphatic carbocycles. The predicted octanol–water partition coefficient (Wildman–Crippen LogP) is 2.81. The van der Waals surface area contributed by atoms with Gasteiger partial charge in [-0.1, -0.05) is 0 Å². The number of rotatable bonds is 3. The molecule has 7 heteroatoms. The summed E-state index contributed by atoms with van der Waals surface area (Å²) in [7, 11) is 0. The first-order valence-electron chi connectivity index (χ1n) is 7.73. The maximum atomic E-state index is 14.2. The Kier molecular flexibility index (Phi) is 4.50. The van der Waals surface area contributed by atoms with Gasteiger partial charge in [0, 0.05) is 18.7 Å². The standard InChI is InChI=1S/C17H18FN3O3/c18-13-9-11(15-4-2-8-24-15)5-6-14(13)20-17(23)21-7-1-3-12(10-21)16(19)22/h2,4-6,8-9,12H,1,3,7,10H2,(H2,19,22)(H,20,23)/t12-/m1/s1. The van der Waals surface area contributed by atoms with Crippen LogP contribution in [0.1, 0.15) is 12.8 Å². The summed E-state index contributed by atoms with van der Waals surface area (Å²) < 4.78 is 19.4. The van der Waals surface area contributed by atoms with Crippen LogP contribution in [-0.4, -0.2) is 29.9 Å². The van der Waals surface area contributed by atoms with Crippen LogP contribution >= 0.6 is 0 Å². The molecule has 1 aliphatic rings. The highest BCUT2D eigenvalue weighted by atomic mass is 19.1. The summed E-state index contributed by atoms with van der Waals surface area (Å²) in [6.45, 7) is 0.773. The number of nitrogens with zero attached hydrogens (tertiary/aromatic N) is 1. The lowest BCUT2D eigenvalue weighted by atomic mass is 9.98. The highest BCUT2D eigenvalue weighted by molar-refractivity contribution is 5.90. The highest BCUT2D eigenvalue weighted by Gasteiger charge is 2.27. The monoisotopic (exact) mass is 331 g/mol. The van der Waals surface area contributed by atoms with Crippen molar-refractivity contribution in [2.24, 2.45) is 11.7 Å². The summed E-state index contributed by atoms with van der Waals surface area (Å²) in [5.41, 5.74) is 5.97. The number of carbonyl (C=O) groups excluding carboxylic acids is 2. The van der Waals surface area contributed by atoms with E-state index >= 15 is 0 Å². The predicted molar refractivity (Wildman–Crippen MR) is 86.6 cm³/mol. The van der Waals surface area contributed by atoms with Crippen LogP contribution in [-0.2, 0) is 4.79 Å². The van der Waals surface area contributed by atoms with Gasteiger partial charge in [0.15, 0.2) is 0 Å². The van der Waals surface area contributed by atoms with E-state index in [2.05, 4.69) is 5.32 Å². The first-order valence-corrected chi connectivity index (χ1v) is 7.73. The van der Waals surface area contributed by atoms with Crippen LogP contribution in [0, 0.1) is 11.7 Å². The molecule has 0 radical (unpaired) electrons. The van der Waals surface area contributed by atoms with Crippen LogP contribution in [0.2, 0.25) is 0 Å². The van der Waals surface area contributed by atoms with Gasteiger partial charge < -0.3 is 20.4 Å². The Hall–Kier alpha value is -2.83. The quantitative estimate of drug-likeness (QED) is 0.906. The van der Waals surface area contributed by atoms with Crippen molar-refractivity contribution in [1.29, 1.82) is 0 Å². The van der Waals surface area contributed by atoms with Crippen molar-refractivity contribution in [2.45, 2.75) is 12.8 Å². The van der Waals surface area contributed by atoms with Crippen LogP contribution in [0.5, 0.6) is 0 Å². The van der Waals surface area contributed by atoms with E-state index < -0.39 is 17.8 Å². The molecular weight excluding hydrogens is 313 g/mol. The number of primary amides is 1. The smallest absolute Gasteiger partial charge is 0.321 e. The maximum absolute atomic E-state index is 14.2. The summed E-state index contributed by atoms with van der Waals surface area (Å²) in [6, 6.07) is 7.46. The topological polar surface area (TPSA) is 88.6 Å². The molecule has 2 heterocycles. The van der Waals surface area contributed by atoms with Gasteiger partial charge in [0.25, 0.3) is 0 Å². The van der Waals surface area contributed by atoms with Gasteiger partial charge in [-0.05, 0) is 43.2 Å². The van der Waals surface area contributed by atoms with Crippen molar-refractivity contribution < 1.29 is 18.4 Å². The Labute approximate surface area is 138 Å². The minimum Gasteiger partial charge on any atom is -0.464 e. The largest absolute Gasteiger partial charge is 0.464 e. The number of amides is 3. The van der Waals surface area contributed by atoms with E-state index in [0.717, 1.165) is 0 Å². The molecule has 0 spiro atoms. The number of hydrogen-bond donors (Lipinski definition) is 2. The van der Waals surface area contributed by atoms with Gasteiger partial charge in [0.2, 0.25) is 5.91 Å². The molecule has 1 aromatic heterocycles. The average molecular weight is 331 g/mol. The fourth-order valence-corrected chi connectivity index (χ4v) is 2.80. The second kappa shape index (κ2) is 6.74. The lowest BCUT2D eigenvalue weighted by Gasteiger charge is -2.31. The van der Waals surface area contributed by atoms with Crippen LogP contribution in [0.3, 0.4) is 0 Å². The molecule has 0 bridgehead atoms. The Morgan fingerprint density at radius 3 is 2.83 bits per heavy atom. The van der Waals surface area contributed by atoms with Crippen molar-refractivity contribution in [3.05, 3.63) is 42.4 Å². The number of benzene rings is 1. The molecule has 3 amide bonds. The lowest BCUT2D eigenvalue weighted by molar-refractivity contribution is -0.123. The van der Waals surface area contributed by atoms with Gasteiger partial charge in [-0.3, -0.25) is 4.79 Å². The molecule has 6 nitrogen and oxygen atoms in total. The first kappa shape index (κ1) is 16.0. The average Bonchev–Trinajstić information content (AvgIpc) is 3.11. The van der Waals surface area contributed by atoms with Crippen LogP contribution in [0.15, 0.2) is 41.0 Å². The van der Waals surface area contributed by atoms with E-state index in [1.807, 2.05) is 0 Å². The van der Waals surface area contributed by atoms with E-state index in [0.29, 0.717) is 30.7 Å². The number of halogens is 1. The zero-order valence-corrected chi connectivity index (χ0v) is 13.0. The zero-order chi connectivity index (χ0) is 17.1. The molecule has 1 aliphatic heterocycles. The van der Waals surface area contributed by atoms with Crippen LogP contribution in [0.25, 0.3) is 11.3 Å². The molecule has 2 aromatic rings. The summed E-state index contributed by atoms with van der Waals surface area (Å²) in [5, 5.41) is 2.54. The molecule has 1 saturated heterocycles. The van der Waals surface area contributed by atoms with Crippen molar-refractivity contribution in [3.63, 3.8) is 0 Å². The van der Waals surface area contributed by atoms with Crippen LogP contribution in [0.4, 0.5) is 14.9 Å². The molecule has 24 heavy (non-hydrogen) atoms. The van der Waals surface area contributed by atoms with Gasteiger partial charge in [0.1, 0.15) is 11.6 Å². The van der Waals surface area contributed by atoms with Crippen molar-refractivity contribution >= 4 is 17.6 Å². The number of hydrogen-bond acceptors (Lipinski definition) is 3. The Balaban J connectivity index is 1.69. The first-order chi connectivity index (χ1) is 11.5. The van der Waals surface area contributed by atoms with Crippen LogP contribution < -0.4 is 11.1 Å². The van der Waals surface area contributed by atoms with Gasteiger partial charge in [-0.15, -0.1) is 0 Å². The normalized spacial score (nSPS) is 17.5. The SMILES string of the molecule is NC(=O)[C@@H]1CCCN(C(=O)Nc2ccc(-c3ccco3)cc2F)C1. The number of piperidine rings is 1. The number of nitrogens with two attached hydrogens (primary N) is 1. The highest BCUT2D eigenvalue weighted by Crippen LogP contribution is 2.25. The third-order valence-electron chi connectivity index (χ3n) is 4.13. The summed E-state index contributed by atoms with van der Waals surface area (Å²) in [6.07, 6.45) is 2.88. The fraction of sp³-hybridized carbons (Fsp3) is 0.294. The Bertz CT molecular complexity index is 746. The molecule has 1 atom stereocenters. The number of nitrogens with one attached hydrogen (secondary N) is 1. The van der Waals surface area contributed by atoms with E-state index in [4.69, 9.17) is 10.2 Å². The minimum absolute atomic E-state index is 0.0801. The molecule has 3 N–H and O–H groups in total. The number of likely N-dealkylation sites (tertiary alicyclic amines) is 1. The summed E-state index contributed by atoms with van der Waals surface area (Å²) >= 11 is 0. The Morgan fingerprint density at radius 1 is 1.33 bits per heavy atom. The molecule has 3 rings (SSSR count). The van der Waals surface area contributed by atoms with Gasteiger partial charge in [-0.25, -0.2) is 9.18 Å². The lowest BCUT2D eigenvalue weighted by Crippen LogP contribution is -2.45. The molecule has 0 unspecified atom stereocenters. The van der Waals surface area contributed by atoms with E-state index in [1.165, 1.54) is 23.3 Å². The second-order valence-corrected chi connectivity index (χ2v) is 5.79.